The monoisotopic (exact) mass is 469 g/mol. The van der Waals surface area contributed by atoms with Gasteiger partial charge in [0.15, 0.2) is 0 Å². The Balaban J connectivity index is 1.47. The lowest BCUT2D eigenvalue weighted by molar-refractivity contribution is 0.0497. The van der Waals surface area contributed by atoms with Crippen LogP contribution in [0.25, 0.3) is 10.9 Å². The number of halogens is 1. The molecule has 2 aromatic carbocycles. The van der Waals surface area contributed by atoms with E-state index in [0.717, 1.165) is 78.3 Å². The molecule has 33 heavy (non-hydrogen) atoms. The molecule has 2 heterocycles. The standard InChI is InChI=1S/C27H32ClNO4/c1-3-4-12-31-27-19(2)26(29-25-9-8-21(28)15-24(25)27)18-33-23-7-5-6-22(16-23)32-17-20-10-13-30-14-11-20/h5-9,15-16,20H,3-4,10-14,17-18H2,1-2H3. The van der Waals surface area contributed by atoms with Gasteiger partial charge in [-0.2, -0.15) is 0 Å². The van der Waals surface area contributed by atoms with Crippen LogP contribution in [0.15, 0.2) is 42.5 Å². The summed E-state index contributed by atoms with van der Waals surface area (Å²) in [5.74, 6) is 2.96. The molecule has 6 heteroatoms. The molecule has 1 saturated heterocycles. The van der Waals surface area contributed by atoms with E-state index in [2.05, 4.69) is 6.92 Å². The van der Waals surface area contributed by atoms with E-state index >= 15 is 0 Å². The van der Waals surface area contributed by atoms with Crippen LogP contribution in [0.5, 0.6) is 17.2 Å². The third-order valence-electron chi connectivity index (χ3n) is 5.98. The van der Waals surface area contributed by atoms with Crippen LogP contribution < -0.4 is 14.2 Å². The zero-order valence-corrected chi connectivity index (χ0v) is 20.2. The minimum absolute atomic E-state index is 0.345. The summed E-state index contributed by atoms with van der Waals surface area (Å²) in [6.07, 6.45) is 4.18. The molecular weight excluding hydrogens is 438 g/mol. The van der Waals surface area contributed by atoms with Crippen LogP contribution >= 0.6 is 11.6 Å². The highest BCUT2D eigenvalue weighted by molar-refractivity contribution is 6.31. The molecule has 0 amide bonds. The van der Waals surface area contributed by atoms with Crippen LogP contribution in [-0.2, 0) is 11.3 Å². The minimum atomic E-state index is 0.345. The average Bonchev–Trinajstić information content (AvgIpc) is 2.84. The van der Waals surface area contributed by atoms with E-state index in [0.29, 0.717) is 30.8 Å². The smallest absolute Gasteiger partial charge is 0.133 e. The van der Waals surface area contributed by atoms with Crippen molar-refractivity contribution in [3.63, 3.8) is 0 Å². The maximum atomic E-state index is 6.25. The Kier molecular flexibility index (Phi) is 8.30. The Morgan fingerprint density at radius 1 is 1.03 bits per heavy atom. The molecule has 0 aliphatic carbocycles. The highest BCUT2D eigenvalue weighted by Gasteiger charge is 2.16. The van der Waals surface area contributed by atoms with Gasteiger partial charge in [-0.3, -0.25) is 0 Å². The summed E-state index contributed by atoms with van der Waals surface area (Å²) in [6.45, 7) is 7.54. The number of pyridine rings is 1. The van der Waals surface area contributed by atoms with Crippen molar-refractivity contribution in [2.45, 2.75) is 46.1 Å². The summed E-state index contributed by atoms with van der Waals surface area (Å²) in [5.41, 5.74) is 2.68. The van der Waals surface area contributed by atoms with Crippen molar-refractivity contribution < 1.29 is 18.9 Å². The Labute approximate surface area is 201 Å². The Hall–Kier alpha value is -2.50. The molecule has 0 radical (unpaired) electrons. The summed E-state index contributed by atoms with van der Waals surface area (Å²) in [7, 11) is 0. The average molecular weight is 470 g/mol. The second kappa shape index (κ2) is 11.6. The molecule has 1 aliphatic heterocycles. The third-order valence-corrected chi connectivity index (χ3v) is 6.22. The van der Waals surface area contributed by atoms with Gasteiger partial charge in [0, 0.05) is 35.3 Å². The Morgan fingerprint density at radius 3 is 2.61 bits per heavy atom. The highest BCUT2D eigenvalue weighted by Crippen LogP contribution is 2.33. The number of nitrogens with zero attached hydrogens (tertiary/aromatic N) is 1. The number of fused-ring (bicyclic) bond motifs is 1. The number of benzene rings is 2. The van der Waals surface area contributed by atoms with Gasteiger partial charge < -0.3 is 18.9 Å². The first-order valence-corrected chi connectivity index (χ1v) is 12.2. The van der Waals surface area contributed by atoms with Gasteiger partial charge >= 0.3 is 0 Å². The van der Waals surface area contributed by atoms with Crippen molar-refractivity contribution in [1.82, 2.24) is 4.98 Å². The molecule has 0 saturated carbocycles. The van der Waals surface area contributed by atoms with Gasteiger partial charge in [0.05, 0.1) is 24.4 Å². The lowest BCUT2D eigenvalue weighted by Crippen LogP contribution is -2.21. The molecular formula is C27H32ClNO4. The number of unbranched alkanes of at least 4 members (excludes halogenated alkanes) is 1. The van der Waals surface area contributed by atoms with E-state index < -0.39 is 0 Å². The fourth-order valence-corrected chi connectivity index (χ4v) is 4.10. The van der Waals surface area contributed by atoms with E-state index in [1.165, 1.54) is 0 Å². The molecule has 3 aromatic rings. The zero-order chi connectivity index (χ0) is 23.0. The maximum Gasteiger partial charge on any atom is 0.133 e. The van der Waals surface area contributed by atoms with Crippen molar-refractivity contribution in [3.8, 4) is 17.2 Å². The molecule has 0 N–H and O–H groups in total. The van der Waals surface area contributed by atoms with Gasteiger partial charge in [0.1, 0.15) is 23.9 Å². The molecule has 0 unspecified atom stereocenters. The number of rotatable bonds is 10. The van der Waals surface area contributed by atoms with Crippen LogP contribution in [0, 0.1) is 12.8 Å². The fourth-order valence-electron chi connectivity index (χ4n) is 3.93. The maximum absolute atomic E-state index is 6.25. The molecule has 0 atom stereocenters. The van der Waals surface area contributed by atoms with Gasteiger partial charge in [-0.25, -0.2) is 4.98 Å². The van der Waals surface area contributed by atoms with Crippen LogP contribution in [0.4, 0.5) is 0 Å². The van der Waals surface area contributed by atoms with E-state index in [1.54, 1.807) is 0 Å². The number of ether oxygens (including phenoxy) is 4. The lowest BCUT2D eigenvalue weighted by atomic mass is 10.0. The Bertz CT molecular complexity index is 1070. The summed E-state index contributed by atoms with van der Waals surface area (Å²) in [4.78, 5) is 4.83. The van der Waals surface area contributed by atoms with Gasteiger partial charge in [-0.15, -0.1) is 0 Å². The predicted molar refractivity (Wildman–Crippen MR) is 132 cm³/mol. The molecule has 1 aliphatic rings. The second-order valence-electron chi connectivity index (χ2n) is 8.51. The summed E-state index contributed by atoms with van der Waals surface area (Å²) >= 11 is 6.25. The Morgan fingerprint density at radius 2 is 1.82 bits per heavy atom. The zero-order valence-electron chi connectivity index (χ0n) is 19.4. The normalized spacial score (nSPS) is 14.4. The van der Waals surface area contributed by atoms with Crippen molar-refractivity contribution in [2.75, 3.05) is 26.4 Å². The van der Waals surface area contributed by atoms with Crippen LogP contribution in [0.1, 0.15) is 43.9 Å². The van der Waals surface area contributed by atoms with Crippen molar-refractivity contribution in [1.29, 1.82) is 0 Å². The van der Waals surface area contributed by atoms with E-state index in [-0.39, 0.29) is 0 Å². The predicted octanol–water partition coefficient (Wildman–Crippen LogP) is 6.76. The molecule has 0 bridgehead atoms. The second-order valence-corrected chi connectivity index (χ2v) is 8.94. The minimum Gasteiger partial charge on any atom is -0.493 e. The summed E-state index contributed by atoms with van der Waals surface area (Å²) < 4.78 is 23.7. The SMILES string of the molecule is CCCCOc1c(C)c(COc2cccc(OCC3CCOCC3)c2)nc2ccc(Cl)cc12. The number of hydrogen-bond donors (Lipinski definition) is 0. The highest BCUT2D eigenvalue weighted by atomic mass is 35.5. The summed E-state index contributed by atoms with van der Waals surface area (Å²) in [5, 5.41) is 1.61. The topological polar surface area (TPSA) is 49.8 Å². The first kappa shape index (κ1) is 23.7. The first-order chi connectivity index (χ1) is 16.1. The van der Waals surface area contributed by atoms with Crippen molar-refractivity contribution >= 4 is 22.5 Å². The number of aromatic nitrogens is 1. The van der Waals surface area contributed by atoms with Gasteiger partial charge in [0.2, 0.25) is 0 Å². The quantitative estimate of drug-likeness (QED) is 0.307. The van der Waals surface area contributed by atoms with Gasteiger partial charge in [0.25, 0.3) is 0 Å². The lowest BCUT2D eigenvalue weighted by Gasteiger charge is -2.22. The van der Waals surface area contributed by atoms with Crippen LogP contribution in [0.2, 0.25) is 5.02 Å². The van der Waals surface area contributed by atoms with E-state index in [1.807, 2.05) is 49.4 Å². The molecule has 5 nitrogen and oxygen atoms in total. The third kappa shape index (κ3) is 6.30. The first-order valence-electron chi connectivity index (χ1n) is 11.8. The van der Waals surface area contributed by atoms with E-state index in [9.17, 15) is 0 Å². The molecule has 0 spiro atoms. The van der Waals surface area contributed by atoms with Gasteiger partial charge in [-0.05, 0) is 62.4 Å². The van der Waals surface area contributed by atoms with Crippen molar-refractivity contribution in [2.24, 2.45) is 5.92 Å². The molecule has 4 rings (SSSR count). The van der Waals surface area contributed by atoms with Gasteiger partial charge in [-0.1, -0.05) is 31.0 Å². The molecule has 1 aromatic heterocycles. The van der Waals surface area contributed by atoms with E-state index in [4.69, 9.17) is 35.5 Å². The largest absolute Gasteiger partial charge is 0.493 e. The van der Waals surface area contributed by atoms with Crippen molar-refractivity contribution in [3.05, 3.63) is 58.7 Å². The van der Waals surface area contributed by atoms with Crippen LogP contribution in [0.3, 0.4) is 0 Å². The number of hydrogen-bond acceptors (Lipinski definition) is 5. The summed E-state index contributed by atoms with van der Waals surface area (Å²) in [6, 6.07) is 13.5. The fraction of sp³-hybridized carbons (Fsp3) is 0.444. The van der Waals surface area contributed by atoms with Crippen LogP contribution in [-0.4, -0.2) is 31.4 Å². The molecule has 1 fully saturated rings. The molecule has 176 valence electrons.